The van der Waals surface area contributed by atoms with Crippen molar-refractivity contribution in [3.05, 3.63) is 23.9 Å². The molecule has 1 saturated carbocycles. The van der Waals surface area contributed by atoms with Gasteiger partial charge in [-0.25, -0.2) is 0 Å². The van der Waals surface area contributed by atoms with Crippen molar-refractivity contribution in [1.29, 1.82) is 0 Å². The maximum atomic E-state index is 12.0. The minimum absolute atomic E-state index is 0.0694. The van der Waals surface area contributed by atoms with Crippen LogP contribution in [0.4, 0.5) is 0 Å². The lowest BCUT2D eigenvalue weighted by atomic mass is 10.2. The van der Waals surface area contributed by atoms with Gasteiger partial charge in [-0.2, -0.15) is 4.98 Å². The van der Waals surface area contributed by atoms with E-state index in [1.807, 2.05) is 11.8 Å². The highest BCUT2D eigenvalue weighted by atomic mass is 16.5. The average Bonchev–Trinajstić information content (AvgIpc) is 3.02. The third-order valence-electron chi connectivity index (χ3n) is 4.31. The summed E-state index contributed by atoms with van der Waals surface area (Å²) in [6.07, 6.45) is 3.26. The van der Waals surface area contributed by atoms with Gasteiger partial charge in [0, 0.05) is 38.5 Å². The number of carbonyl (C=O) groups is 1. The topological polar surface area (TPSA) is 62.5 Å². The quantitative estimate of drug-likeness (QED) is 0.752. The molecule has 6 heteroatoms. The molecule has 3 rings (SSSR count). The van der Waals surface area contributed by atoms with Crippen LogP contribution < -0.4 is 0 Å². The summed E-state index contributed by atoms with van der Waals surface area (Å²) < 4.78 is 5.28. The van der Waals surface area contributed by atoms with Gasteiger partial charge in [0.2, 0.25) is 11.8 Å². The average molecular weight is 304 g/mol. The van der Waals surface area contributed by atoms with Crippen LogP contribution in [0.1, 0.15) is 50.7 Å². The van der Waals surface area contributed by atoms with E-state index in [1.165, 1.54) is 0 Å². The zero-order valence-corrected chi connectivity index (χ0v) is 13.4. The van der Waals surface area contributed by atoms with E-state index in [9.17, 15) is 4.79 Å². The van der Waals surface area contributed by atoms with Crippen molar-refractivity contribution in [2.45, 2.75) is 51.6 Å². The summed E-state index contributed by atoms with van der Waals surface area (Å²) in [6.45, 7) is 10.8. The van der Waals surface area contributed by atoms with E-state index >= 15 is 0 Å². The predicted octanol–water partition coefficient (Wildman–Crippen LogP) is 1.95. The molecule has 1 saturated heterocycles. The van der Waals surface area contributed by atoms with Crippen molar-refractivity contribution < 1.29 is 9.32 Å². The molecule has 0 spiro atoms. The third-order valence-corrected chi connectivity index (χ3v) is 4.31. The number of likely N-dealkylation sites (tertiary alicyclic amines) is 1. The molecule has 0 radical (unpaired) electrons. The number of hydrogen-bond acceptors (Lipinski definition) is 5. The monoisotopic (exact) mass is 304 g/mol. The molecule has 2 fully saturated rings. The Balaban J connectivity index is 1.62. The number of rotatable bonds is 6. The van der Waals surface area contributed by atoms with Crippen LogP contribution >= 0.6 is 0 Å². The van der Waals surface area contributed by atoms with Gasteiger partial charge < -0.3 is 9.42 Å². The summed E-state index contributed by atoms with van der Waals surface area (Å²) >= 11 is 0. The number of aromatic nitrogens is 2. The Hall–Kier alpha value is -1.69. The van der Waals surface area contributed by atoms with Crippen LogP contribution in [0.15, 0.2) is 16.7 Å². The minimum atomic E-state index is 0.0694. The molecule has 1 amide bonds. The molecule has 6 nitrogen and oxygen atoms in total. The maximum Gasteiger partial charge on any atom is 0.229 e. The van der Waals surface area contributed by atoms with Crippen LogP contribution in [0.5, 0.6) is 0 Å². The Labute approximate surface area is 131 Å². The predicted molar refractivity (Wildman–Crippen MR) is 82.2 cm³/mol. The first-order valence-corrected chi connectivity index (χ1v) is 7.99. The Kier molecular flexibility index (Phi) is 4.29. The van der Waals surface area contributed by atoms with Crippen molar-refractivity contribution in [2.24, 2.45) is 0 Å². The highest BCUT2D eigenvalue weighted by molar-refractivity contribution is 5.73. The summed E-state index contributed by atoms with van der Waals surface area (Å²) in [7, 11) is 0. The lowest BCUT2D eigenvalue weighted by Gasteiger charge is -2.27. The van der Waals surface area contributed by atoms with Crippen molar-refractivity contribution in [2.75, 3.05) is 19.6 Å². The molecule has 0 bridgehead atoms. The van der Waals surface area contributed by atoms with E-state index in [1.54, 1.807) is 6.92 Å². The van der Waals surface area contributed by atoms with Crippen LogP contribution in [0, 0.1) is 0 Å². The molecule has 1 aromatic heterocycles. The van der Waals surface area contributed by atoms with Gasteiger partial charge in [0.15, 0.2) is 5.82 Å². The minimum Gasteiger partial charge on any atom is -0.339 e. The molecule has 1 aliphatic heterocycles. The molecule has 1 aromatic rings. The van der Waals surface area contributed by atoms with Crippen molar-refractivity contribution in [1.82, 2.24) is 19.9 Å². The van der Waals surface area contributed by atoms with Gasteiger partial charge in [-0.05, 0) is 26.2 Å². The second-order valence-electron chi connectivity index (χ2n) is 6.60. The third kappa shape index (κ3) is 3.55. The van der Waals surface area contributed by atoms with E-state index in [0.29, 0.717) is 18.3 Å². The van der Waals surface area contributed by atoms with Crippen LogP contribution in [-0.2, 0) is 11.3 Å². The molecule has 0 N–H and O–H groups in total. The molecule has 2 heterocycles. The van der Waals surface area contributed by atoms with Gasteiger partial charge in [0.1, 0.15) is 0 Å². The molecular formula is C16H24N4O2. The van der Waals surface area contributed by atoms with E-state index in [4.69, 9.17) is 4.52 Å². The smallest absolute Gasteiger partial charge is 0.229 e. The largest absolute Gasteiger partial charge is 0.339 e. The normalized spacial score (nSPS) is 22.0. The maximum absolute atomic E-state index is 12.0. The first-order valence-electron chi connectivity index (χ1n) is 7.99. The second-order valence-corrected chi connectivity index (χ2v) is 6.60. The molecule has 22 heavy (non-hydrogen) atoms. The standard InChI is InChI=1S/C16H24N4O2/c1-11(2)8-19-7-6-14(9-19)20(12(3)21)10-15-17-16(22-18-15)13-4-5-13/h13-14H,1,4-10H2,2-3H3. The molecule has 1 unspecified atom stereocenters. The number of hydrogen-bond donors (Lipinski definition) is 0. The molecule has 1 atom stereocenters. The Bertz CT molecular complexity index is 564. The molecule has 2 aliphatic rings. The van der Waals surface area contributed by atoms with E-state index in [0.717, 1.165) is 50.4 Å². The number of nitrogens with zero attached hydrogens (tertiary/aromatic N) is 4. The van der Waals surface area contributed by atoms with E-state index in [2.05, 4.69) is 21.6 Å². The Morgan fingerprint density at radius 2 is 2.18 bits per heavy atom. The van der Waals surface area contributed by atoms with Crippen molar-refractivity contribution in [3.63, 3.8) is 0 Å². The molecular weight excluding hydrogens is 280 g/mol. The van der Waals surface area contributed by atoms with Gasteiger partial charge >= 0.3 is 0 Å². The van der Waals surface area contributed by atoms with Crippen LogP contribution in [-0.4, -0.2) is 51.5 Å². The fourth-order valence-electron chi connectivity index (χ4n) is 3.07. The van der Waals surface area contributed by atoms with Crippen molar-refractivity contribution in [3.8, 4) is 0 Å². The Morgan fingerprint density at radius 1 is 1.41 bits per heavy atom. The van der Waals surface area contributed by atoms with E-state index < -0.39 is 0 Å². The number of amides is 1. The molecule has 1 aliphatic carbocycles. The lowest BCUT2D eigenvalue weighted by molar-refractivity contribution is -0.131. The summed E-state index contributed by atoms with van der Waals surface area (Å²) in [5, 5.41) is 4.03. The van der Waals surface area contributed by atoms with Crippen molar-refractivity contribution >= 4 is 5.91 Å². The summed E-state index contributed by atoms with van der Waals surface area (Å²) in [5.41, 5.74) is 1.15. The van der Waals surface area contributed by atoms with Crippen LogP contribution in [0.25, 0.3) is 0 Å². The van der Waals surface area contributed by atoms with Crippen LogP contribution in [0.2, 0.25) is 0 Å². The highest BCUT2D eigenvalue weighted by Crippen LogP contribution is 2.38. The van der Waals surface area contributed by atoms with E-state index in [-0.39, 0.29) is 11.9 Å². The zero-order chi connectivity index (χ0) is 15.7. The van der Waals surface area contributed by atoms with Crippen LogP contribution in [0.3, 0.4) is 0 Å². The summed E-state index contributed by atoms with van der Waals surface area (Å²) in [6, 6.07) is 0.222. The number of carbonyl (C=O) groups excluding carboxylic acids is 1. The van der Waals surface area contributed by atoms with Gasteiger partial charge in [-0.15, -0.1) is 0 Å². The van der Waals surface area contributed by atoms with Gasteiger partial charge in [0.05, 0.1) is 6.54 Å². The first kappa shape index (κ1) is 15.2. The summed E-state index contributed by atoms with van der Waals surface area (Å²) in [4.78, 5) is 20.7. The molecule has 120 valence electrons. The van der Waals surface area contributed by atoms with Gasteiger partial charge in [-0.3, -0.25) is 9.69 Å². The fourth-order valence-corrected chi connectivity index (χ4v) is 3.07. The lowest BCUT2D eigenvalue weighted by Crippen LogP contribution is -2.40. The first-order chi connectivity index (χ1) is 10.5. The SMILES string of the molecule is C=C(C)CN1CCC(N(Cc2noc(C3CC3)n2)C(C)=O)C1. The second kappa shape index (κ2) is 6.20. The highest BCUT2D eigenvalue weighted by Gasteiger charge is 2.32. The summed E-state index contributed by atoms with van der Waals surface area (Å²) in [5.74, 6) is 1.87. The van der Waals surface area contributed by atoms with Gasteiger partial charge in [-0.1, -0.05) is 17.3 Å². The molecule has 0 aromatic carbocycles. The Morgan fingerprint density at radius 3 is 2.82 bits per heavy atom. The fraction of sp³-hybridized carbons (Fsp3) is 0.688. The zero-order valence-electron chi connectivity index (χ0n) is 13.4. The van der Waals surface area contributed by atoms with Gasteiger partial charge in [0.25, 0.3) is 0 Å².